The third kappa shape index (κ3) is 4.07. The lowest BCUT2D eigenvalue weighted by atomic mass is 9.88. The SMILES string of the molecule is O=C(c1ccccc1F)C1CCN(CCn2c(=O)nc3n(c2=O)CCCC3)CC1. The molecule has 1 aromatic carbocycles. The summed E-state index contributed by atoms with van der Waals surface area (Å²) >= 11 is 0. The highest BCUT2D eigenvalue weighted by Gasteiger charge is 2.27. The number of piperidine rings is 1. The third-order valence-corrected chi connectivity index (χ3v) is 6.00. The van der Waals surface area contributed by atoms with Crippen LogP contribution in [0.3, 0.4) is 0 Å². The normalized spacial score (nSPS) is 17.8. The Labute approximate surface area is 167 Å². The van der Waals surface area contributed by atoms with Gasteiger partial charge in [-0.3, -0.25) is 9.36 Å². The van der Waals surface area contributed by atoms with Gasteiger partial charge in [-0.1, -0.05) is 12.1 Å². The molecule has 0 unspecified atom stereocenters. The summed E-state index contributed by atoms with van der Waals surface area (Å²) in [6, 6.07) is 6.10. The molecule has 1 saturated heterocycles. The van der Waals surface area contributed by atoms with E-state index < -0.39 is 11.5 Å². The smallest absolute Gasteiger partial charge is 0.302 e. The Balaban J connectivity index is 1.36. The number of hydrogen-bond donors (Lipinski definition) is 0. The fourth-order valence-electron chi connectivity index (χ4n) is 4.27. The molecule has 3 heterocycles. The molecule has 2 aromatic rings. The van der Waals surface area contributed by atoms with Crippen molar-refractivity contribution in [3.8, 4) is 0 Å². The van der Waals surface area contributed by atoms with Gasteiger partial charge >= 0.3 is 11.4 Å². The second kappa shape index (κ2) is 8.41. The van der Waals surface area contributed by atoms with Gasteiger partial charge in [0.15, 0.2) is 5.78 Å². The molecule has 0 atom stereocenters. The van der Waals surface area contributed by atoms with Crippen LogP contribution in [0.1, 0.15) is 41.9 Å². The first kappa shape index (κ1) is 19.7. The van der Waals surface area contributed by atoms with Crippen LogP contribution in [0.25, 0.3) is 0 Å². The van der Waals surface area contributed by atoms with Crippen molar-refractivity contribution in [2.24, 2.45) is 5.92 Å². The molecule has 0 aliphatic carbocycles. The zero-order valence-corrected chi connectivity index (χ0v) is 16.3. The minimum absolute atomic E-state index is 0.142. The van der Waals surface area contributed by atoms with Crippen LogP contribution in [0.2, 0.25) is 0 Å². The number of ketones is 1. The van der Waals surface area contributed by atoms with Crippen molar-refractivity contribution in [2.75, 3.05) is 19.6 Å². The Morgan fingerprint density at radius 3 is 2.59 bits per heavy atom. The molecule has 29 heavy (non-hydrogen) atoms. The Kier molecular flexibility index (Phi) is 5.71. The van der Waals surface area contributed by atoms with Crippen molar-refractivity contribution in [1.29, 1.82) is 0 Å². The van der Waals surface area contributed by atoms with Crippen LogP contribution >= 0.6 is 0 Å². The van der Waals surface area contributed by atoms with E-state index in [9.17, 15) is 18.8 Å². The number of carbonyl (C=O) groups excluding carboxylic acids is 1. The predicted molar refractivity (Wildman–Crippen MR) is 106 cm³/mol. The van der Waals surface area contributed by atoms with E-state index in [1.165, 1.54) is 16.7 Å². The van der Waals surface area contributed by atoms with Gasteiger partial charge in [0.2, 0.25) is 0 Å². The minimum Gasteiger partial charge on any atom is -0.302 e. The van der Waals surface area contributed by atoms with E-state index in [-0.39, 0.29) is 29.5 Å². The van der Waals surface area contributed by atoms with Gasteiger partial charge in [0.25, 0.3) is 0 Å². The molecule has 1 fully saturated rings. The summed E-state index contributed by atoms with van der Waals surface area (Å²) in [5, 5.41) is 0. The van der Waals surface area contributed by atoms with E-state index >= 15 is 0 Å². The van der Waals surface area contributed by atoms with Crippen molar-refractivity contribution >= 4 is 5.78 Å². The van der Waals surface area contributed by atoms with Crippen LogP contribution in [0.5, 0.6) is 0 Å². The Hall–Kier alpha value is -2.61. The van der Waals surface area contributed by atoms with Gasteiger partial charge < -0.3 is 4.90 Å². The van der Waals surface area contributed by atoms with Gasteiger partial charge in [0.1, 0.15) is 11.6 Å². The first-order valence-corrected chi connectivity index (χ1v) is 10.3. The summed E-state index contributed by atoms with van der Waals surface area (Å²) < 4.78 is 16.7. The molecule has 0 N–H and O–H groups in total. The number of halogens is 1. The standard InChI is InChI=1S/C21H25FN4O3/c22-17-6-2-1-5-16(17)19(27)15-8-11-24(12-9-15)13-14-26-20(28)23-18-7-3-4-10-25(18)21(26)29/h1-2,5-6,15H,3-4,7-14H2. The number of likely N-dealkylation sites (tertiary alicyclic amines) is 1. The lowest BCUT2D eigenvalue weighted by Gasteiger charge is -2.31. The molecule has 0 amide bonds. The van der Waals surface area contributed by atoms with Crippen molar-refractivity contribution < 1.29 is 9.18 Å². The third-order valence-electron chi connectivity index (χ3n) is 6.00. The Morgan fingerprint density at radius 2 is 1.83 bits per heavy atom. The Bertz CT molecular complexity index is 1020. The molecular weight excluding hydrogens is 375 g/mol. The maximum Gasteiger partial charge on any atom is 0.353 e. The number of benzene rings is 1. The average molecular weight is 400 g/mol. The number of rotatable bonds is 5. The second-order valence-corrected chi connectivity index (χ2v) is 7.81. The molecule has 154 valence electrons. The van der Waals surface area contributed by atoms with Gasteiger partial charge in [-0.25, -0.2) is 18.5 Å². The number of carbonyl (C=O) groups is 1. The van der Waals surface area contributed by atoms with Crippen LogP contribution in [0.4, 0.5) is 4.39 Å². The molecule has 0 radical (unpaired) electrons. The number of aromatic nitrogens is 3. The van der Waals surface area contributed by atoms with Gasteiger partial charge in [-0.05, 0) is 50.9 Å². The predicted octanol–water partition coefficient (Wildman–Crippen LogP) is 1.48. The van der Waals surface area contributed by atoms with Crippen molar-refractivity contribution in [1.82, 2.24) is 19.0 Å². The first-order valence-electron chi connectivity index (χ1n) is 10.3. The summed E-state index contributed by atoms with van der Waals surface area (Å²) in [6.07, 6.45) is 3.84. The first-order chi connectivity index (χ1) is 14.0. The maximum atomic E-state index is 13.9. The van der Waals surface area contributed by atoms with Crippen molar-refractivity contribution in [2.45, 2.75) is 45.2 Å². The Morgan fingerprint density at radius 1 is 1.07 bits per heavy atom. The topological polar surface area (TPSA) is 77.2 Å². The molecule has 0 bridgehead atoms. The van der Waals surface area contributed by atoms with E-state index in [0.717, 1.165) is 12.8 Å². The van der Waals surface area contributed by atoms with E-state index in [2.05, 4.69) is 9.88 Å². The van der Waals surface area contributed by atoms with Crippen molar-refractivity contribution in [3.63, 3.8) is 0 Å². The van der Waals surface area contributed by atoms with Crippen LogP contribution in [0, 0.1) is 11.7 Å². The molecule has 8 heteroatoms. The fourth-order valence-corrected chi connectivity index (χ4v) is 4.27. The molecular formula is C21H25FN4O3. The van der Waals surface area contributed by atoms with E-state index in [1.807, 2.05) is 0 Å². The van der Waals surface area contributed by atoms with E-state index in [1.54, 1.807) is 16.7 Å². The van der Waals surface area contributed by atoms with Crippen molar-refractivity contribution in [3.05, 3.63) is 62.4 Å². The van der Waals surface area contributed by atoms with Crippen LogP contribution in [-0.2, 0) is 19.5 Å². The fraction of sp³-hybridized carbons (Fsp3) is 0.524. The van der Waals surface area contributed by atoms with Gasteiger partial charge in [-0.15, -0.1) is 0 Å². The quantitative estimate of drug-likeness (QED) is 0.711. The highest BCUT2D eigenvalue weighted by molar-refractivity contribution is 5.98. The number of nitrogens with zero attached hydrogens (tertiary/aromatic N) is 4. The number of Topliss-reactive ketones (excluding diaryl/α,β-unsaturated/α-hetero) is 1. The zero-order chi connectivity index (χ0) is 20.4. The largest absolute Gasteiger partial charge is 0.353 e. The highest BCUT2D eigenvalue weighted by Crippen LogP contribution is 2.23. The van der Waals surface area contributed by atoms with Crippen LogP contribution in [-0.4, -0.2) is 44.4 Å². The summed E-state index contributed by atoms with van der Waals surface area (Å²) in [5.41, 5.74) is -0.595. The summed E-state index contributed by atoms with van der Waals surface area (Å²) in [6.45, 7) is 2.82. The van der Waals surface area contributed by atoms with Crippen LogP contribution in [0.15, 0.2) is 33.9 Å². The average Bonchev–Trinajstić information content (AvgIpc) is 2.74. The lowest BCUT2D eigenvalue weighted by molar-refractivity contribution is 0.0832. The van der Waals surface area contributed by atoms with Gasteiger partial charge in [0.05, 0.1) is 5.56 Å². The number of fused-ring (bicyclic) bond motifs is 1. The van der Waals surface area contributed by atoms with E-state index in [0.29, 0.717) is 51.3 Å². The molecule has 0 saturated carbocycles. The minimum atomic E-state index is -0.479. The molecule has 1 aromatic heterocycles. The highest BCUT2D eigenvalue weighted by atomic mass is 19.1. The molecule has 7 nitrogen and oxygen atoms in total. The van der Waals surface area contributed by atoms with E-state index in [4.69, 9.17) is 0 Å². The monoisotopic (exact) mass is 400 g/mol. The summed E-state index contributed by atoms with van der Waals surface area (Å²) in [5.74, 6) is -0.215. The lowest BCUT2D eigenvalue weighted by Crippen LogP contribution is -2.47. The number of aryl methyl sites for hydroxylation is 1. The molecule has 4 rings (SSSR count). The summed E-state index contributed by atoms with van der Waals surface area (Å²) in [4.78, 5) is 43.7. The van der Waals surface area contributed by atoms with Gasteiger partial charge in [0, 0.05) is 32.0 Å². The van der Waals surface area contributed by atoms with Crippen LogP contribution < -0.4 is 11.4 Å². The zero-order valence-electron chi connectivity index (χ0n) is 16.3. The van der Waals surface area contributed by atoms with Gasteiger partial charge in [-0.2, -0.15) is 4.98 Å². The second-order valence-electron chi connectivity index (χ2n) is 7.81. The molecule has 2 aliphatic rings. The molecule has 0 spiro atoms. The number of hydrogen-bond acceptors (Lipinski definition) is 5. The maximum absolute atomic E-state index is 13.9. The summed E-state index contributed by atoms with van der Waals surface area (Å²) in [7, 11) is 0. The molecule has 2 aliphatic heterocycles.